The number of anilines is 1. The standard InChI is InChI=1S/C23H29N3O2S/c1-2-13-26(19-12-11-17-7-3-4-8-18(17)14-19)15-23(28)25-20-9-5-6-10-21(20)29-16-22(24)27/h3-10,19H,2,11-16H2,1H3,(H2,24,27)(H,25,28). The number of fused-ring (bicyclic) bond motifs is 1. The number of nitrogens with two attached hydrogens (primary N) is 1. The van der Waals surface area contributed by atoms with Gasteiger partial charge in [-0.1, -0.05) is 43.3 Å². The van der Waals surface area contributed by atoms with Gasteiger partial charge in [0, 0.05) is 10.9 Å². The Kier molecular flexibility index (Phi) is 7.72. The van der Waals surface area contributed by atoms with Crippen molar-refractivity contribution in [2.45, 2.75) is 43.5 Å². The average Bonchev–Trinajstić information content (AvgIpc) is 2.72. The van der Waals surface area contributed by atoms with Crippen LogP contribution in [0.4, 0.5) is 5.69 Å². The van der Waals surface area contributed by atoms with Crippen LogP contribution in [-0.2, 0) is 22.4 Å². The number of para-hydroxylation sites is 1. The molecule has 0 aliphatic heterocycles. The Hall–Kier alpha value is -2.31. The van der Waals surface area contributed by atoms with E-state index in [1.54, 1.807) is 0 Å². The first-order valence-corrected chi connectivity index (χ1v) is 11.2. The van der Waals surface area contributed by atoms with Crippen LogP contribution in [0.15, 0.2) is 53.4 Å². The molecule has 5 nitrogen and oxygen atoms in total. The predicted molar refractivity (Wildman–Crippen MR) is 119 cm³/mol. The number of carbonyl (C=O) groups is 2. The van der Waals surface area contributed by atoms with Crippen LogP contribution in [0, 0.1) is 0 Å². The van der Waals surface area contributed by atoms with Crippen LogP contribution in [0.5, 0.6) is 0 Å². The normalized spacial score (nSPS) is 15.7. The zero-order chi connectivity index (χ0) is 20.6. The lowest BCUT2D eigenvalue weighted by Crippen LogP contribution is -2.44. The Bertz CT molecular complexity index is 856. The number of nitrogens with one attached hydrogen (secondary N) is 1. The summed E-state index contributed by atoms with van der Waals surface area (Å²) >= 11 is 1.34. The molecular weight excluding hydrogens is 382 g/mol. The predicted octanol–water partition coefficient (Wildman–Crippen LogP) is 3.47. The topological polar surface area (TPSA) is 75.4 Å². The van der Waals surface area contributed by atoms with Crippen LogP contribution in [-0.4, -0.2) is 41.6 Å². The summed E-state index contributed by atoms with van der Waals surface area (Å²) in [6.07, 6.45) is 4.15. The molecule has 3 rings (SSSR count). The summed E-state index contributed by atoms with van der Waals surface area (Å²) in [5.74, 6) is -0.205. The van der Waals surface area contributed by atoms with Crippen molar-refractivity contribution in [3.8, 4) is 0 Å². The highest BCUT2D eigenvalue weighted by Crippen LogP contribution is 2.27. The van der Waals surface area contributed by atoms with Gasteiger partial charge in [0.05, 0.1) is 18.0 Å². The van der Waals surface area contributed by atoms with Gasteiger partial charge in [-0.25, -0.2) is 0 Å². The van der Waals surface area contributed by atoms with Crippen molar-refractivity contribution in [2.24, 2.45) is 5.73 Å². The minimum absolute atomic E-state index is 0.0237. The molecule has 0 saturated carbocycles. The molecule has 0 radical (unpaired) electrons. The highest BCUT2D eigenvalue weighted by Gasteiger charge is 2.25. The minimum Gasteiger partial charge on any atom is -0.369 e. The van der Waals surface area contributed by atoms with Crippen molar-refractivity contribution in [3.63, 3.8) is 0 Å². The number of benzene rings is 2. The monoisotopic (exact) mass is 411 g/mol. The number of rotatable bonds is 9. The van der Waals surface area contributed by atoms with Gasteiger partial charge in [-0.05, 0) is 55.5 Å². The van der Waals surface area contributed by atoms with E-state index < -0.39 is 0 Å². The Morgan fingerprint density at radius 1 is 1.14 bits per heavy atom. The second-order valence-electron chi connectivity index (χ2n) is 7.44. The molecule has 1 unspecified atom stereocenters. The number of nitrogens with zero attached hydrogens (tertiary/aromatic N) is 1. The quantitative estimate of drug-likeness (QED) is 0.620. The van der Waals surface area contributed by atoms with Gasteiger partial charge in [0.2, 0.25) is 11.8 Å². The summed E-state index contributed by atoms with van der Waals surface area (Å²) in [6.45, 7) is 3.42. The van der Waals surface area contributed by atoms with E-state index >= 15 is 0 Å². The highest BCUT2D eigenvalue weighted by atomic mass is 32.2. The van der Waals surface area contributed by atoms with Crippen LogP contribution in [0.3, 0.4) is 0 Å². The number of thioether (sulfide) groups is 1. The van der Waals surface area contributed by atoms with Gasteiger partial charge >= 0.3 is 0 Å². The zero-order valence-electron chi connectivity index (χ0n) is 16.9. The van der Waals surface area contributed by atoms with E-state index in [1.807, 2.05) is 24.3 Å². The van der Waals surface area contributed by atoms with Crippen LogP contribution in [0.1, 0.15) is 30.9 Å². The number of amides is 2. The Morgan fingerprint density at radius 3 is 2.62 bits per heavy atom. The molecule has 29 heavy (non-hydrogen) atoms. The largest absolute Gasteiger partial charge is 0.369 e. The first-order valence-electron chi connectivity index (χ1n) is 10.2. The van der Waals surface area contributed by atoms with Crippen molar-refractivity contribution in [1.29, 1.82) is 0 Å². The lowest BCUT2D eigenvalue weighted by atomic mass is 9.87. The summed E-state index contributed by atoms with van der Waals surface area (Å²) < 4.78 is 0. The maximum Gasteiger partial charge on any atom is 0.238 e. The molecule has 1 aliphatic carbocycles. The maximum absolute atomic E-state index is 12.8. The molecule has 2 amide bonds. The summed E-state index contributed by atoms with van der Waals surface area (Å²) in [7, 11) is 0. The van der Waals surface area contributed by atoms with Crippen molar-refractivity contribution in [2.75, 3.05) is 24.2 Å². The third-order valence-corrected chi connectivity index (χ3v) is 6.32. The van der Waals surface area contributed by atoms with Crippen LogP contribution < -0.4 is 11.1 Å². The Labute approximate surface area is 177 Å². The number of hydrogen-bond donors (Lipinski definition) is 2. The van der Waals surface area contributed by atoms with Gasteiger partial charge < -0.3 is 11.1 Å². The molecule has 2 aromatic carbocycles. The summed E-state index contributed by atoms with van der Waals surface area (Å²) in [5, 5.41) is 3.03. The summed E-state index contributed by atoms with van der Waals surface area (Å²) in [6, 6.07) is 16.5. The van der Waals surface area contributed by atoms with E-state index in [2.05, 4.69) is 41.4 Å². The van der Waals surface area contributed by atoms with Gasteiger partial charge in [0.25, 0.3) is 0 Å². The van der Waals surface area contributed by atoms with Crippen molar-refractivity contribution in [1.82, 2.24) is 4.90 Å². The highest BCUT2D eigenvalue weighted by molar-refractivity contribution is 8.00. The molecule has 0 heterocycles. The molecule has 154 valence electrons. The second kappa shape index (κ2) is 10.5. The fraction of sp³-hybridized carbons (Fsp3) is 0.391. The third kappa shape index (κ3) is 6.08. The van der Waals surface area contributed by atoms with Crippen molar-refractivity contribution in [3.05, 3.63) is 59.7 Å². The molecule has 1 atom stereocenters. The molecule has 3 N–H and O–H groups in total. The van der Waals surface area contributed by atoms with E-state index in [4.69, 9.17) is 5.73 Å². The molecule has 0 fully saturated rings. The van der Waals surface area contributed by atoms with Gasteiger partial charge in [0.1, 0.15) is 0 Å². The minimum atomic E-state index is -0.372. The lowest BCUT2D eigenvalue weighted by molar-refractivity contribution is -0.118. The van der Waals surface area contributed by atoms with Gasteiger partial charge in [-0.15, -0.1) is 11.8 Å². The van der Waals surface area contributed by atoms with Gasteiger partial charge in [-0.3, -0.25) is 14.5 Å². The van der Waals surface area contributed by atoms with E-state index in [1.165, 1.54) is 22.9 Å². The van der Waals surface area contributed by atoms with E-state index in [0.29, 0.717) is 12.6 Å². The Balaban J connectivity index is 1.64. The first-order chi connectivity index (χ1) is 14.1. The summed E-state index contributed by atoms with van der Waals surface area (Å²) in [4.78, 5) is 27.1. The number of hydrogen-bond acceptors (Lipinski definition) is 4. The van der Waals surface area contributed by atoms with Crippen LogP contribution in [0.25, 0.3) is 0 Å². The molecule has 1 aliphatic rings. The second-order valence-corrected chi connectivity index (χ2v) is 8.45. The number of aryl methyl sites for hydroxylation is 1. The number of carbonyl (C=O) groups excluding carboxylic acids is 2. The van der Waals surface area contributed by atoms with Gasteiger partial charge in [-0.2, -0.15) is 0 Å². The average molecular weight is 412 g/mol. The fourth-order valence-corrected chi connectivity index (χ4v) is 4.63. The number of primary amides is 1. The van der Waals surface area contributed by atoms with Crippen LogP contribution >= 0.6 is 11.8 Å². The van der Waals surface area contributed by atoms with E-state index in [0.717, 1.165) is 42.8 Å². The molecule has 2 aromatic rings. The van der Waals surface area contributed by atoms with Crippen molar-refractivity contribution >= 4 is 29.3 Å². The fourth-order valence-electron chi connectivity index (χ4n) is 3.89. The summed E-state index contributed by atoms with van der Waals surface area (Å²) in [5.41, 5.74) is 8.82. The third-order valence-electron chi connectivity index (χ3n) is 5.23. The smallest absolute Gasteiger partial charge is 0.238 e. The van der Waals surface area contributed by atoms with Crippen LogP contribution in [0.2, 0.25) is 0 Å². The SMILES string of the molecule is CCCN(CC(=O)Nc1ccccc1SCC(N)=O)C1CCc2ccccc2C1. The maximum atomic E-state index is 12.8. The Morgan fingerprint density at radius 2 is 1.86 bits per heavy atom. The van der Waals surface area contributed by atoms with E-state index in [9.17, 15) is 9.59 Å². The molecule has 0 aromatic heterocycles. The molecule has 6 heteroatoms. The molecule has 0 spiro atoms. The first kappa shape index (κ1) is 21.4. The lowest BCUT2D eigenvalue weighted by Gasteiger charge is -2.34. The van der Waals surface area contributed by atoms with Crippen molar-refractivity contribution < 1.29 is 9.59 Å². The zero-order valence-corrected chi connectivity index (χ0v) is 17.7. The molecule has 0 saturated heterocycles. The van der Waals surface area contributed by atoms with Gasteiger partial charge in [0.15, 0.2) is 0 Å². The van der Waals surface area contributed by atoms with E-state index in [-0.39, 0.29) is 17.6 Å². The molecular formula is C23H29N3O2S. The molecule has 0 bridgehead atoms.